The smallest absolute Gasteiger partial charge is 0.258 e. The maximum atomic E-state index is 13.3. The lowest BCUT2D eigenvalue weighted by Gasteiger charge is -2.22. The molecule has 2 aromatic carbocycles. The molecule has 3 aliphatic heterocycles. The minimum Gasteiger partial charge on any atom is -0.493 e. The van der Waals surface area contributed by atoms with E-state index in [1.165, 1.54) is 18.4 Å². The van der Waals surface area contributed by atoms with Gasteiger partial charge in [-0.3, -0.25) is 9.59 Å². The van der Waals surface area contributed by atoms with Crippen molar-refractivity contribution in [2.45, 2.75) is 18.7 Å². The van der Waals surface area contributed by atoms with E-state index in [1.807, 2.05) is 11.0 Å². The molecule has 194 valence electrons. The Hall–Kier alpha value is -4.26. The third-order valence-electron chi connectivity index (χ3n) is 6.06. The summed E-state index contributed by atoms with van der Waals surface area (Å²) in [4.78, 5) is 27.7. The SMILES string of the molecule is COc1ccc2cc1OCC(=O)NCc1ccc(c(OC)c1)O[C@H]1CN(c3nnc(N)s3)C[C@@H]1NC2=O. The Morgan fingerprint density at radius 2 is 1.89 bits per heavy atom. The molecule has 12 nitrogen and oxygen atoms in total. The highest BCUT2D eigenvalue weighted by molar-refractivity contribution is 7.18. The number of hydrogen-bond acceptors (Lipinski definition) is 11. The third kappa shape index (κ3) is 5.31. The molecule has 1 saturated heterocycles. The third-order valence-corrected chi connectivity index (χ3v) is 6.88. The molecule has 0 unspecified atom stereocenters. The summed E-state index contributed by atoms with van der Waals surface area (Å²) in [6, 6.07) is 9.83. The number of nitrogens with one attached hydrogen (secondary N) is 2. The van der Waals surface area contributed by atoms with Crippen LogP contribution < -0.4 is 40.2 Å². The van der Waals surface area contributed by atoms with Crippen molar-refractivity contribution >= 4 is 33.4 Å². The fraction of sp³-hybridized carbons (Fsp3) is 0.333. The summed E-state index contributed by atoms with van der Waals surface area (Å²) in [5.74, 6) is 1.05. The van der Waals surface area contributed by atoms with E-state index in [9.17, 15) is 9.59 Å². The lowest BCUT2D eigenvalue weighted by atomic mass is 10.1. The van der Waals surface area contributed by atoms with Crippen LogP contribution in [0.4, 0.5) is 10.3 Å². The molecule has 4 bridgehead atoms. The number of carbonyl (C=O) groups is 2. The highest BCUT2D eigenvalue weighted by Gasteiger charge is 2.38. The van der Waals surface area contributed by atoms with Crippen LogP contribution in [0.25, 0.3) is 0 Å². The molecular weight excluding hydrogens is 500 g/mol. The van der Waals surface area contributed by atoms with Crippen molar-refractivity contribution < 1.29 is 28.5 Å². The summed E-state index contributed by atoms with van der Waals surface area (Å²) in [5, 5.41) is 14.9. The van der Waals surface area contributed by atoms with Gasteiger partial charge in [-0.15, -0.1) is 10.2 Å². The highest BCUT2D eigenvalue weighted by atomic mass is 32.1. The van der Waals surface area contributed by atoms with Crippen molar-refractivity contribution in [2.75, 3.05) is 44.5 Å². The standard InChI is InChI=1S/C24H26N6O6S/c1-33-16-6-4-14-8-19(16)35-12-21(31)26-9-13-3-5-17(18(7-13)34-2)36-20-11-30(10-15(20)27-22(14)32)24-29-28-23(25)37-24/h3-8,15,20H,9-12H2,1-2H3,(H2,25,28)(H,26,31)(H,27,32)/t15-,20-/m0/s1. The summed E-state index contributed by atoms with van der Waals surface area (Å²) in [6.45, 7) is 0.902. The number of amides is 2. The number of methoxy groups -OCH3 is 2. The number of nitrogen functional groups attached to an aromatic ring is 1. The van der Waals surface area contributed by atoms with Crippen LogP contribution >= 0.6 is 11.3 Å². The van der Waals surface area contributed by atoms with Gasteiger partial charge in [0.1, 0.15) is 6.10 Å². The normalized spacial score (nSPS) is 19.7. The van der Waals surface area contributed by atoms with E-state index in [1.54, 1.807) is 37.4 Å². The van der Waals surface area contributed by atoms with Crippen LogP contribution in [-0.4, -0.2) is 68.1 Å². The number of ether oxygens (including phenoxy) is 4. The van der Waals surface area contributed by atoms with E-state index in [2.05, 4.69) is 20.8 Å². The van der Waals surface area contributed by atoms with Crippen LogP contribution in [-0.2, 0) is 11.3 Å². The van der Waals surface area contributed by atoms with Gasteiger partial charge in [-0.05, 0) is 35.9 Å². The largest absolute Gasteiger partial charge is 0.493 e. The van der Waals surface area contributed by atoms with Crippen LogP contribution in [0.3, 0.4) is 0 Å². The second-order valence-corrected chi connectivity index (χ2v) is 9.47. The fourth-order valence-corrected chi connectivity index (χ4v) is 4.83. The molecule has 0 radical (unpaired) electrons. The zero-order chi connectivity index (χ0) is 25.9. The fourth-order valence-electron chi connectivity index (χ4n) is 4.20. The number of nitrogens with zero attached hydrogens (tertiary/aromatic N) is 3. The zero-order valence-electron chi connectivity index (χ0n) is 20.2. The average molecular weight is 527 g/mol. The molecule has 37 heavy (non-hydrogen) atoms. The van der Waals surface area contributed by atoms with Gasteiger partial charge in [0.25, 0.3) is 11.8 Å². The number of hydrogen-bond donors (Lipinski definition) is 3. The van der Waals surface area contributed by atoms with Gasteiger partial charge in [0, 0.05) is 18.7 Å². The molecule has 1 aromatic heterocycles. The monoisotopic (exact) mass is 526 g/mol. The van der Waals surface area contributed by atoms with Crippen molar-refractivity contribution in [1.82, 2.24) is 20.8 Å². The van der Waals surface area contributed by atoms with Crippen molar-refractivity contribution in [3.8, 4) is 23.0 Å². The Bertz CT molecular complexity index is 1320. The Balaban J connectivity index is 1.50. The molecule has 0 aliphatic carbocycles. The molecule has 0 spiro atoms. The van der Waals surface area contributed by atoms with E-state index in [0.29, 0.717) is 46.2 Å². The Labute approximate surface area is 216 Å². The Morgan fingerprint density at radius 1 is 1.05 bits per heavy atom. The van der Waals surface area contributed by atoms with Crippen molar-refractivity contribution in [2.24, 2.45) is 0 Å². The predicted molar refractivity (Wildman–Crippen MR) is 136 cm³/mol. The molecule has 1 fully saturated rings. The molecule has 0 saturated carbocycles. The second kappa shape index (κ2) is 10.4. The highest BCUT2D eigenvalue weighted by Crippen LogP contribution is 2.33. The van der Waals surface area contributed by atoms with E-state index in [0.717, 1.165) is 5.56 Å². The molecule has 2 atom stereocenters. The first-order valence-electron chi connectivity index (χ1n) is 11.5. The van der Waals surface area contributed by atoms with Crippen LogP contribution in [0.1, 0.15) is 15.9 Å². The van der Waals surface area contributed by atoms with Crippen LogP contribution in [0.5, 0.6) is 23.0 Å². The number of nitrogens with two attached hydrogens (primary N) is 1. The molecule has 3 aromatic rings. The summed E-state index contributed by atoms with van der Waals surface area (Å²) in [7, 11) is 3.04. The number of carbonyl (C=O) groups excluding carboxylic acids is 2. The van der Waals surface area contributed by atoms with E-state index in [-0.39, 0.29) is 30.7 Å². The predicted octanol–water partition coefficient (Wildman–Crippen LogP) is 1.21. The lowest BCUT2D eigenvalue weighted by Crippen LogP contribution is -2.45. The number of benzene rings is 2. The molecule has 13 heteroatoms. The molecule has 3 aliphatic rings. The zero-order valence-corrected chi connectivity index (χ0v) is 21.0. The van der Waals surface area contributed by atoms with Crippen molar-refractivity contribution in [3.05, 3.63) is 47.5 Å². The maximum Gasteiger partial charge on any atom is 0.258 e. The quantitative estimate of drug-likeness (QED) is 0.454. The second-order valence-electron chi connectivity index (χ2n) is 8.48. The summed E-state index contributed by atoms with van der Waals surface area (Å²) in [5.41, 5.74) is 6.96. The number of fused-ring (bicyclic) bond motifs is 7. The van der Waals surface area contributed by atoms with Crippen molar-refractivity contribution in [1.29, 1.82) is 0 Å². The van der Waals surface area contributed by atoms with Gasteiger partial charge in [0.05, 0.1) is 26.8 Å². The van der Waals surface area contributed by atoms with Crippen molar-refractivity contribution in [3.63, 3.8) is 0 Å². The Morgan fingerprint density at radius 3 is 2.65 bits per heavy atom. The van der Waals surface area contributed by atoms with Gasteiger partial charge in [-0.25, -0.2) is 0 Å². The van der Waals surface area contributed by atoms with Gasteiger partial charge in [0.15, 0.2) is 29.6 Å². The van der Waals surface area contributed by atoms with Gasteiger partial charge in [-0.2, -0.15) is 0 Å². The van der Waals surface area contributed by atoms with Crippen LogP contribution in [0, 0.1) is 0 Å². The first kappa shape index (κ1) is 24.4. The lowest BCUT2D eigenvalue weighted by molar-refractivity contribution is -0.123. The summed E-state index contributed by atoms with van der Waals surface area (Å²) < 4.78 is 23.0. The van der Waals surface area contributed by atoms with E-state index < -0.39 is 12.1 Å². The molecule has 6 rings (SSSR count). The van der Waals surface area contributed by atoms with Gasteiger partial charge in [0.2, 0.25) is 10.3 Å². The number of aromatic nitrogens is 2. The first-order chi connectivity index (χ1) is 17.9. The summed E-state index contributed by atoms with van der Waals surface area (Å²) in [6.07, 6.45) is -0.432. The van der Waals surface area contributed by atoms with Gasteiger partial charge >= 0.3 is 0 Å². The minimum absolute atomic E-state index is 0.246. The van der Waals surface area contributed by atoms with Crippen LogP contribution in [0.2, 0.25) is 0 Å². The Kier molecular flexibility index (Phi) is 6.86. The molecular formula is C24H26N6O6S. The first-order valence-corrected chi connectivity index (χ1v) is 12.3. The minimum atomic E-state index is -0.432. The molecule has 4 N–H and O–H groups in total. The average Bonchev–Trinajstić information content (AvgIpc) is 3.51. The summed E-state index contributed by atoms with van der Waals surface area (Å²) >= 11 is 1.26. The van der Waals surface area contributed by atoms with Crippen LogP contribution in [0.15, 0.2) is 36.4 Å². The molecule has 2 amide bonds. The number of rotatable bonds is 3. The number of anilines is 2. The van der Waals surface area contributed by atoms with Gasteiger partial charge < -0.3 is 40.2 Å². The topological polar surface area (TPSA) is 150 Å². The van der Waals surface area contributed by atoms with E-state index >= 15 is 0 Å². The maximum absolute atomic E-state index is 13.3. The van der Waals surface area contributed by atoms with Gasteiger partial charge in [-0.1, -0.05) is 17.4 Å². The van der Waals surface area contributed by atoms with E-state index in [4.69, 9.17) is 24.7 Å². The molecule has 4 heterocycles.